The minimum Gasteiger partial charge on any atom is -0.386 e. The van der Waals surface area contributed by atoms with Crippen LogP contribution < -0.4 is 0 Å². The van der Waals surface area contributed by atoms with Gasteiger partial charge in [-0.05, 0) is 47.0 Å². The van der Waals surface area contributed by atoms with E-state index in [0.29, 0.717) is 19.3 Å². The molecule has 0 aliphatic rings. The molecular formula is C15H26O3. The zero-order chi connectivity index (χ0) is 14.4. The topological polar surface area (TPSA) is 57.5 Å². The first kappa shape index (κ1) is 17.1. The molecule has 0 aliphatic carbocycles. The van der Waals surface area contributed by atoms with Crippen LogP contribution in [0, 0.1) is 0 Å². The Morgan fingerprint density at radius 3 is 2.22 bits per heavy atom. The molecule has 0 bridgehead atoms. The molecular weight excluding hydrogens is 228 g/mol. The summed E-state index contributed by atoms with van der Waals surface area (Å²) in [5.41, 5.74) is -0.973. The molecule has 18 heavy (non-hydrogen) atoms. The monoisotopic (exact) mass is 254 g/mol. The minimum absolute atomic E-state index is 0.145. The Hall–Kier alpha value is -0.930. The average Bonchev–Trinajstić information content (AvgIpc) is 2.24. The summed E-state index contributed by atoms with van der Waals surface area (Å²) < 4.78 is 0. The third kappa shape index (κ3) is 7.41. The van der Waals surface area contributed by atoms with Gasteiger partial charge in [-0.15, -0.1) is 6.58 Å². The normalized spacial score (nSPS) is 16.2. The van der Waals surface area contributed by atoms with Crippen molar-refractivity contribution >= 4 is 5.78 Å². The van der Waals surface area contributed by atoms with E-state index in [2.05, 4.69) is 6.58 Å². The molecule has 1 atom stereocenters. The quantitative estimate of drug-likeness (QED) is 0.655. The number of aliphatic hydroxyl groups is 2. The van der Waals surface area contributed by atoms with Crippen molar-refractivity contribution in [3.63, 3.8) is 0 Å². The second-order valence-corrected chi connectivity index (χ2v) is 5.63. The Balaban J connectivity index is 4.07. The van der Waals surface area contributed by atoms with Crippen LogP contribution in [0.1, 0.15) is 53.4 Å². The Morgan fingerprint density at radius 2 is 1.78 bits per heavy atom. The van der Waals surface area contributed by atoms with E-state index in [9.17, 15) is 15.0 Å². The highest BCUT2D eigenvalue weighted by molar-refractivity contribution is 5.86. The molecule has 0 aromatic carbocycles. The molecule has 0 saturated carbocycles. The lowest BCUT2D eigenvalue weighted by molar-refractivity contribution is -0.134. The molecule has 0 aliphatic heterocycles. The lowest BCUT2D eigenvalue weighted by Gasteiger charge is -2.17. The number of ketones is 1. The first-order chi connectivity index (χ1) is 8.08. The molecule has 0 fully saturated rings. The molecule has 0 spiro atoms. The van der Waals surface area contributed by atoms with Crippen molar-refractivity contribution in [2.45, 2.75) is 64.6 Å². The molecule has 0 rings (SSSR count). The van der Waals surface area contributed by atoms with Gasteiger partial charge in [-0.2, -0.15) is 0 Å². The van der Waals surface area contributed by atoms with Crippen LogP contribution in [0.2, 0.25) is 0 Å². The van der Waals surface area contributed by atoms with Gasteiger partial charge < -0.3 is 10.2 Å². The van der Waals surface area contributed by atoms with E-state index in [4.69, 9.17) is 0 Å². The molecule has 0 amide bonds. The lowest BCUT2D eigenvalue weighted by atomic mass is 9.96. The van der Waals surface area contributed by atoms with Crippen molar-refractivity contribution in [1.82, 2.24) is 0 Å². The molecule has 104 valence electrons. The number of carbonyl (C=O) groups is 1. The van der Waals surface area contributed by atoms with Crippen molar-refractivity contribution in [3.8, 4) is 0 Å². The molecule has 1 unspecified atom stereocenters. The summed E-state index contributed by atoms with van der Waals surface area (Å²) in [5.74, 6) is -0.145. The third-order valence-corrected chi connectivity index (χ3v) is 3.01. The summed E-state index contributed by atoms with van der Waals surface area (Å²) in [6, 6.07) is 0. The summed E-state index contributed by atoms with van der Waals surface area (Å²) in [5, 5.41) is 19.2. The summed E-state index contributed by atoms with van der Waals surface area (Å²) in [6.07, 6.45) is 5.93. The highest BCUT2D eigenvalue weighted by atomic mass is 16.3. The standard InChI is InChI=1S/C15H26O3/c1-6-15(5,18)11-7-8-12(2)9-10-13(16)14(3,4)17/h6,8,17-18H,1,7,9-11H2,2-5H3/b12-8-. The zero-order valence-electron chi connectivity index (χ0n) is 12.0. The predicted molar refractivity (Wildman–Crippen MR) is 74.4 cm³/mol. The zero-order valence-corrected chi connectivity index (χ0v) is 12.0. The molecule has 0 aromatic rings. The second-order valence-electron chi connectivity index (χ2n) is 5.63. The third-order valence-electron chi connectivity index (χ3n) is 3.01. The summed E-state index contributed by atoms with van der Waals surface area (Å²) in [4.78, 5) is 11.5. The molecule has 3 heteroatoms. The van der Waals surface area contributed by atoms with Gasteiger partial charge in [0.2, 0.25) is 0 Å². The van der Waals surface area contributed by atoms with Gasteiger partial charge >= 0.3 is 0 Å². The van der Waals surface area contributed by atoms with Crippen LogP contribution in [0.25, 0.3) is 0 Å². The van der Waals surface area contributed by atoms with Crippen molar-refractivity contribution in [2.75, 3.05) is 0 Å². The van der Waals surface area contributed by atoms with E-state index in [1.54, 1.807) is 6.92 Å². The SMILES string of the molecule is C=CC(C)(O)CC/C=C(/C)CCC(=O)C(C)(C)O. The van der Waals surface area contributed by atoms with Crippen LogP contribution in [0.5, 0.6) is 0 Å². The second kappa shape index (κ2) is 6.86. The molecule has 3 nitrogen and oxygen atoms in total. The Bertz CT molecular complexity index is 319. The largest absolute Gasteiger partial charge is 0.386 e. The van der Waals surface area contributed by atoms with E-state index in [1.807, 2.05) is 13.0 Å². The van der Waals surface area contributed by atoms with Crippen LogP contribution in [0.4, 0.5) is 0 Å². The fourth-order valence-electron chi connectivity index (χ4n) is 1.43. The Kier molecular flexibility index (Phi) is 6.50. The van der Waals surface area contributed by atoms with Crippen LogP contribution in [0.15, 0.2) is 24.3 Å². The summed E-state index contributed by atoms with van der Waals surface area (Å²) in [6.45, 7) is 10.3. The summed E-state index contributed by atoms with van der Waals surface area (Å²) in [7, 11) is 0. The number of Topliss-reactive ketones (excluding diaryl/α,β-unsaturated/α-hetero) is 1. The molecule has 2 N–H and O–H groups in total. The molecule has 0 heterocycles. The van der Waals surface area contributed by atoms with Gasteiger partial charge in [0.15, 0.2) is 5.78 Å². The van der Waals surface area contributed by atoms with Gasteiger partial charge in [0.25, 0.3) is 0 Å². The maximum absolute atomic E-state index is 11.5. The van der Waals surface area contributed by atoms with Crippen molar-refractivity contribution in [3.05, 3.63) is 24.3 Å². The number of hydrogen-bond acceptors (Lipinski definition) is 3. The first-order valence-electron chi connectivity index (χ1n) is 6.36. The number of hydrogen-bond donors (Lipinski definition) is 2. The van der Waals surface area contributed by atoms with Crippen LogP contribution in [-0.2, 0) is 4.79 Å². The van der Waals surface area contributed by atoms with E-state index in [1.165, 1.54) is 19.9 Å². The maximum atomic E-state index is 11.5. The van der Waals surface area contributed by atoms with Crippen LogP contribution >= 0.6 is 0 Å². The molecule has 0 aromatic heterocycles. The number of carbonyl (C=O) groups excluding carboxylic acids is 1. The summed E-state index contributed by atoms with van der Waals surface area (Å²) >= 11 is 0. The fraction of sp³-hybridized carbons (Fsp3) is 0.667. The highest BCUT2D eigenvalue weighted by Gasteiger charge is 2.22. The van der Waals surface area contributed by atoms with E-state index in [-0.39, 0.29) is 5.78 Å². The molecule has 0 saturated heterocycles. The average molecular weight is 254 g/mol. The predicted octanol–water partition coefficient (Wildman–Crippen LogP) is 2.77. The van der Waals surface area contributed by atoms with Crippen LogP contribution in [0.3, 0.4) is 0 Å². The fourth-order valence-corrected chi connectivity index (χ4v) is 1.43. The van der Waals surface area contributed by atoms with Crippen molar-refractivity contribution < 1.29 is 15.0 Å². The Morgan fingerprint density at radius 1 is 1.22 bits per heavy atom. The van der Waals surface area contributed by atoms with Gasteiger partial charge in [-0.1, -0.05) is 17.7 Å². The van der Waals surface area contributed by atoms with Gasteiger partial charge in [-0.25, -0.2) is 0 Å². The lowest BCUT2D eigenvalue weighted by Crippen LogP contribution is -2.30. The highest BCUT2D eigenvalue weighted by Crippen LogP contribution is 2.16. The minimum atomic E-state index is -1.24. The van der Waals surface area contributed by atoms with E-state index < -0.39 is 11.2 Å². The first-order valence-corrected chi connectivity index (χ1v) is 6.36. The van der Waals surface area contributed by atoms with Crippen molar-refractivity contribution in [1.29, 1.82) is 0 Å². The number of allylic oxidation sites excluding steroid dienone is 2. The van der Waals surface area contributed by atoms with Gasteiger partial charge in [0.1, 0.15) is 5.60 Å². The van der Waals surface area contributed by atoms with Crippen LogP contribution in [-0.4, -0.2) is 27.2 Å². The van der Waals surface area contributed by atoms with Gasteiger partial charge in [0, 0.05) is 6.42 Å². The maximum Gasteiger partial charge on any atom is 0.164 e. The van der Waals surface area contributed by atoms with Crippen molar-refractivity contribution in [2.24, 2.45) is 0 Å². The van der Waals surface area contributed by atoms with Gasteiger partial charge in [-0.3, -0.25) is 4.79 Å². The van der Waals surface area contributed by atoms with Gasteiger partial charge in [0.05, 0.1) is 5.60 Å². The Labute approximate surface area is 110 Å². The number of rotatable bonds is 8. The molecule has 0 radical (unpaired) electrons. The smallest absolute Gasteiger partial charge is 0.164 e. The van der Waals surface area contributed by atoms with E-state index >= 15 is 0 Å². The van der Waals surface area contributed by atoms with E-state index in [0.717, 1.165) is 12.0 Å².